The maximum absolute atomic E-state index is 13.2. The highest BCUT2D eigenvalue weighted by Gasteiger charge is 2.16. The summed E-state index contributed by atoms with van der Waals surface area (Å²) in [6.45, 7) is 1.87. The number of hydrogen-bond acceptors (Lipinski definition) is 1. The highest BCUT2D eigenvalue weighted by Crippen LogP contribution is 2.28. The second-order valence-electron chi connectivity index (χ2n) is 5.43. The van der Waals surface area contributed by atoms with Gasteiger partial charge in [-0.3, -0.25) is 4.79 Å². The van der Waals surface area contributed by atoms with Crippen molar-refractivity contribution in [2.24, 2.45) is 5.92 Å². The van der Waals surface area contributed by atoms with Gasteiger partial charge in [-0.2, -0.15) is 0 Å². The lowest BCUT2D eigenvalue weighted by molar-refractivity contribution is 0.0969. The van der Waals surface area contributed by atoms with Crippen molar-refractivity contribution >= 4 is 5.78 Å². The van der Waals surface area contributed by atoms with Gasteiger partial charge in [-0.05, 0) is 37.0 Å². The lowest BCUT2D eigenvalue weighted by Crippen LogP contribution is -2.10. The van der Waals surface area contributed by atoms with Gasteiger partial charge in [0.1, 0.15) is 5.82 Å². The fourth-order valence-electron chi connectivity index (χ4n) is 2.84. The third kappa shape index (κ3) is 3.41. The maximum atomic E-state index is 13.2. The minimum atomic E-state index is -0.318. The van der Waals surface area contributed by atoms with Crippen molar-refractivity contribution < 1.29 is 9.18 Å². The molecule has 1 aliphatic carbocycles. The van der Waals surface area contributed by atoms with Crippen LogP contribution in [0.2, 0.25) is 0 Å². The van der Waals surface area contributed by atoms with E-state index in [0.717, 1.165) is 12.0 Å². The molecule has 1 fully saturated rings. The largest absolute Gasteiger partial charge is 0.294 e. The summed E-state index contributed by atoms with van der Waals surface area (Å²) in [4.78, 5) is 12.1. The first kappa shape index (κ1) is 13.3. The van der Waals surface area contributed by atoms with Crippen LogP contribution in [-0.4, -0.2) is 5.78 Å². The zero-order chi connectivity index (χ0) is 13.0. The molecule has 0 amide bonds. The van der Waals surface area contributed by atoms with E-state index in [9.17, 15) is 9.18 Å². The van der Waals surface area contributed by atoms with Crippen LogP contribution in [-0.2, 0) is 0 Å². The topological polar surface area (TPSA) is 17.1 Å². The van der Waals surface area contributed by atoms with Gasteiger partial charge < -0.3 is 0 Å². The molecule has 1 aromatic carbocycles. The molecule has 0 N–H and O–H groups in total. The number of aryl methyl sites for hydroxylation is 1. The quantitative estimate of drug-likeness (QED) is 0.707. The second kappa shape index (κ2) is 6.12. The van der Waals surface area contributed by atoms with Crippen LogP contribution in [0.25, 0.3) is 0 Å². The van der Waals surface area contributed by atoms with Crippen molar-refractivity contribution in [2.75, 3.05) is 0 Å². The normalized spacial score (nSPS) is 16.8. The van der Waals surface area contributed by atoms with Crippen molar-refractivity contribution in [3.8, 4) is 0 Å². The molecule has 0 unspecified atom stereocenters. The Kier molecular flexibility index (Phi) is 4.51. The van der Waals surface area contributed by atoms with E-state index in [1.807, 2.05) is 6.92 Å². The molecular weight excluding hydrogens is 227 g/mol. The molecule has 2 rings (SSSR count). The molecule has 0 bridgehead atoms. The van der Waals surface area contributed by atoms with E-state index in [-0.39, 0.29) is 11.6 Å². The van der Waals surface area contributed by atoms with E-state index >= 15 is 0 Å². The van der Waals surface area contributed by atoms with Gasteiger partial charge in [-0.15, -0.1) is 0 Å². The number of halogens is 1. The van der Waals surface area contributed by atoms with E-state index in [1.54, 1.807) is 6.07 Å². The van der Waals surface area contributed by atoms with Gasteiger partial charge in [0, 0.05) is 12.0 Å². The fraction of sp³-hybridized carbons (Fsp3) is 0.562. The number of carbonyl (C=O) groups excluding carboxylic acids is 1. The fourth-order valence-corrected chi connectivity index (χ4v) is 2.84. The second-order valence-corrected chi connectivity index (χ2v) is 5.43. The zero-order valence-corrected chi connectivity index (χ0v) is 11.0. The van der Waals surface area contributed by atoms with Crippen molar-refractivity contribution in [1.29, 1.82) is 0 Å². The molecule has 0 atom stereocenters. The van der Waals surface area contributed by atoms with Crippen LogP contribution in [0.4, 0.5) is 4.39 Å². The Bertz CT molecular complexity index is 419. The highest BCUT2D eigenvalue weighted by atomic mass is 19.1. The summed E-state index contributed by atoms with van der Waals surface area (Å²) in [5.74, 6) is 0.482. The Morgan fingerprint density at radius 2 is 2.00 bits per heavy atom. The Hall–Kier alpha value is -1.18. The smallest absolute Gasteiger partial charge is 0.163 e. The van der Waals surface area contributed by atoms with Gasteiger partial charge in [-0.25, -0.2) is 4.39 Å². The first-order valence-corrected chi connectivity index (χ1v) is 6.96. The van der Waals surface area contributed by atoms with Crippen LogP contribution in [0.3, 0.4) is 0 Å². The van der Waals surface area contributed by atoms with Gasteiger partial charge >= 0.3 is 0 Å². The van der Waals surface area contributed by atoms with E-state index in [4.69, 9.17) is 0 Å². The molecule has 0 aliphatic heterocycles. The van der Waals surface area contributed by atoms with E-state index in [1.165, 1.54) is 44.2 Å². The average molecular weight is 248 g/mol. The van der Waals surface area contributed by atoms with E-state index in [0.29, 0.717) is 17.9 Å². The Balaban J connectivity index is 1.92. The lowest BCUT2D eigenvalue weighted by Gasteiger charge is -2.21. The molecule has 0 aromatic heterocycles. The minimum Gasteiger partial charge on any atom is -0.294 e. The van der Waals surface area contributed by atoms with E-state index < -0.39 is 0 Å². The summed E-state index contributed by atoms with van der Waals surface area (Å²) >= 11 is 0. The van der Waals surface area contributed by atoms with Crippen molar-refractivity contribution in [3.05, 3.63) is 35.1 Å². The molecule has 98 valence electrons. The monoisotopic (exact) mass is 248 g/mol. The Labute approximate surface area is 108 Å². The van der Waals surface area contributed by atoms with E-state index in [2.05, 4.69) is 0 Å². The van der Waals surface area contributed by atoms with Crippen LogP contribution in [0.1, 0.15) is 60.9 Å². The van der Waals surface area contributed by atoms with Crippen molar-refractivity contribution in [1.82, 2.24) is 0 Å². The molecule has 0 spiro atoms. The van der Waals surface area contributed by atoms with Crippen molar-refractivity contribution in [2.45, 2.75) is 51.9 Å². The number of benzene rings is 1. The predicted octanol–water partition coefficient (Wildman–Crippen LogP) is 4.68. The molecule has 0 saturated heterocycles. The van der Waals surface area contributed by atoms with Crippen LogP contribution in [0.5, 0.6) is 0 Å². The van der Waals surface area contributed by atoms with Gasteiger partial charge in [0.15, 0.2) is 5.78 Å². The highest BCUT2D eigenvalue weighted by molar-refractivity contribution is 5.97. The molecule has 0 heterocycles. The minimum absolute atomic E-state index is 0.0950. The summed E-state index contributed by atoms with van der Waals surface area (Å²) in [6, 6.07) is 4.47. The number of rotatable bonds is 4. The maximum Gasteiger partial charge on any atom is 0.163 e. The van der Waals surface area contributed by atoms with Crippen LogP contribution >= 0.6 is 0 Å². The third-order valence-corrected chi connectivity index (χ3v) is 4.00. The third-order valence-electron chi connectivity index (χ3n) is 4.00. The molecule has 1 aliphatic rings. The van der Waals surface area contributed by atoms with Crippen LogP contribution in [0, 0.1) is 18.7 Å². The molecule has 0 radical (unpaired) electrons. The summed E-state index contributed by atoms with van der Waals surface area (Å²) in [7, 11) is 0. The first-order valence-electron chi connectivity index (χ1n) is 6.96. The summed E-state index contributed by atoms with van der Waals surface area (Å²) < 4.78 is 13.2. The molecule has 2 heteroatoms. The summed E-state index contributed by atoms with van der Waals surface area (Å²) in [5, 5.41) is 0. The number of ketones is 1. The van der Waals surface area contributed by atoms with Crippen molar-refractivity contribution in [3.63, 3.8) is 0 Å². The first-order chi connectivity index (χ1) is 8.66. The lowest BCUT2D eigenvalue weighted by atomic mass is 9.85. The molecular formula is C16H21FO. The molecule has 1 nitrogen and oxygen atoms in total. The SMILES string of the molecule is Cc1ccc(F)cc1C(=O)CCC1CCCCC1. The zero-order valence-electron chi connectivity index (χ0n) is 11.0. The van der Waals surface area contributed by atoms with Gasteiger partial charge in [-0.1, -0.05) is 38.2 Å². The summed E-state index contributed by atoms with van der Waals surface area (Å²) in [6.07, 6.45) is 8.00. The van der Waals surface area contributed by atoms with Crippen LogP contribution in [0.15, 0.2) is 18.2 Å². The van der Waals surface area contributed by atoms with Gasteiger partial charge in [0.2, 0.25) is 0 Å². The van der Waals surface area contributed by atoms with Gasteiger partial charge in [0.05, 0.1) is 0 Å². The molecule has 1 aromatic rings. The molecule has 18 heavy (non-hydrogen) atoms. The number of carbonyl (C=O) groups is 1. The predicted molar refractivity (Wildman–Crippen MR) is 71.3 cm³/mol. The number of hydrogen-bond donors (Lipinski definition) is 0. The standard InChI is InChI=1S/C16H21FO/c1-12-7-9-14(17)11-15(12)16(18)10-8-13-5-3-2-4-6-13/h7,9,11,13H,2-6,8,10H2,1H3. The summed E-state index contributed by atoms with van der Waals surface area (Å²) in [5.41, 5.74) is 1.44. The number of Topliss-reactive ketones (excluding diaryl/α,β-unsaturated/α-hetero) is 1. The molecule has 1 saturated carbocycles. The Morgan fingerprint density at radius 3 is 2.72 bits per heavy atom. The van der Waals surface area contributed by atoms with Crippen LogP contribution < -0.4 is 0 Å². The average Bonchev–Trinajstić information content (AvgIpc) is 2.40. The van der Waals surface area contributed by atoms with Gasteiger partial charge in [0.25, 0.3) is 0 Å². The Morgan fingerprint density at radius 1 is 1.28 bits per heavy atom.